The smallest absolute Gasteiger partial charge is 0.270 e. The van der Waals surface area contributed by atoms with Crippen molar-refractivity contribution in [1.29, 1.82) is 0 Å². The van der Waals surface area contributed by atoms with Gasteiger partial charge in [-0.25, -0.2) is 0 Å². The fraction of sp³-hybridized carbons (Fsp3) is 0.256. The number of hydrogen-bond donors (Lipinski definition) is 2. The minimum atomic E-state index is -0.424. The molecular weight excluding hydrogens is 699 g/mol. The van der Waals surface area contributed by atoms with Crippen LogP contribution < -0.4 is 35.1 Å². The number of nitro groups is 1. The number of hydrogen-bond acceptors (Lipinski definition) is 9. The lowest BCUT2D eigenvalue weighted by Gasteiger charge is -2.24. The van der Waals surface area contributed by atoms with E-state index in [0.717, 1.165) is 46.5 Å². The topological polar surface area (TPSA) is 150 Å². The molecule has 3 N–H and O–H groups in total. The molecule has 0 saturated carbocycles. The number of carbonyl (C=O) groups is 2. The maximum atomic E-state index is 13.8. The second-order valence-electron chi connectivity index (χ2n) is 14.3. The number of para-hydroxylation sites is 2. The normalized spacial score (nSPS) is 16.7. The van der Waals surface area contributed by atoms with E-state index in [1.807, 2.05) is 60.4 Å². The first kappa shape index (κ1) is 35.5. The quantitative estimate of drug-likeness (QED) is 0.0866. The fourth-order valence-electron chi connectivity index (χ4n) is 8.15. The first-order chi connectivity index (χ1) is 26.6. The number of nitrogens with two attached hydrogens (primary N) is 1. The van der Waals surface area contributed by atoms with E-state index < -0.39 is 4.92 Å². The molecule has 0 radical (unpaired) electrons. The lowest BCUT2D eigenvalue weighted by Crippen LogP contribution is -2.39. The molecule has 12 heteroatoms. The number of ether oxygens (including phenoxy) is 3. The largest absolute Gasteiger partial charge is 0.496 e. The molecule has 5 aromatic carbocycles. The van der Waals surface area contributed by atoms with Crippen LogP contribution in [0.25, 0.3) is 0 Å². The molecule has 2 atom stereocenters. The lowest BCUT2D eigenvalue weighted by atomic mass is 9.98. The van der Waals surface area contributed by atoms with Crippen molar-refractivity contribution < 1.29 is 28.7 Å². The van der Waals surface area contributed by atoms with Crippen LogP contribution in [-0.2, 0) is 32.3 Å². The molecule has 0 fully saturated rings. The predicted octanol–water partition coefficient (Wildman–Crippen LogP) is 7.15. The molecule has 5 aromatic rings. The van der Waals surface area contributed by atoms with Gasteiger partial charge in [-0.2, -0.15) is 0 Å². The number of rotatable bonds is 10. The standard InChI is InChI=1S/C43H41N5O7/c1-25-14-28-8-4-6-10-37(28)46(25)42(49)33-20-39(53-2)30(19-35(33)44)13-12-26-15-27(17-31(16-26)48(51)52)24-55-41-22-36-34(21-40(41)54-3)43(50)47-32(23-45-36)18-29-9-5-7-11-38(29)47/h4-11,15-17,19-22,25,32,45H,12-14,18,23-24,44H2,1-3H3/t25-,32+/m1/s1. The summed E-state index contributed by atoms with van der Waals surface area (Å²) in [5.41, 5.74) is 14.4. The number of anilines is 4. The highest BCUT2D eigenvalue weighted by Crippen LogP contribution is 2.41. The molecule has 0 bridgehead atoms. The van der Waals surface area contributed by atoms with Crippen molar-refractivity contribution in [3.05, 3.63) is 140 Å². The number of nitro benzene ring substituents is 1. The van der Waals surface area contributed by atoms with E-state index in [2.05, 4.69) is 11.4 Å². The van der Waals surface area contributed by atoms with Crippen molar-refractivity contribution in [3.8, 4) is 17.2 Å². The van der Waals surface area contributed by atoms with Crippen molar-refractivity contribution in [2.24, 2.45) is 0 Å². The minimum Gasteiger partial charge on any atom is -0.496 e. The average Bonchev–Trinajstić information content (AvgIpc) is 3.70. The van der Waals surface area contributed by atoms with Crippen LogP contribution in [0, 0.1) is 10.1 Å². The van der Waals surface area contributed by atoms with Gasteiger partial charge in [0, 0.05) is 47.8 Å². The number of aryl methyl sites for hydroxylation is 2. The highest BCUT2D eigenvalue weighted by molar-refractivity contribution is 6.12. The first-order valence-corrected chi connectivity index (χ1v) is 18.3. The summed E-state index contributed by atoms with van der Waals surface area (Å²) in [6, 6.07) is 27.6. The van der Waals surface area contributed by atoms with Crippen LogP contribution in [0.15, 0.2) is 91.0 Å². The van der Waals surface area contributed by atoms with Gasteiger partial charge in [0.15, 0.2) is 11.5 Å². The molecular formula is C43H41N5O7. The van der Waals surface area contributed by atoms with Crippen LogP contribution in [0.4, 0.5) is 28.4 Å². The van der Waals surface area contributed by atoms with Gasteiger partial charge in [-0.1, -0.05) is 42.5 Å². The SMILES string of the molecule is COc1cc(C(=O)N2c3ccccc3C[C@H]2C)c(N)cc1CCc1cc(COc2cc3c(cc2OC)C(=O)N2c4ccccc4C[C@H]2CN3)cc([N+](=O)[O-])c1. The number of nitrogens with zero attached hydrogens (tertiary/aromatic N) is 3. The van der Waals surface area contributed by atoms with Crippen molar-refractivity contribution in [2.75, 3.05) is 41.6 Å². The number of fused-ring (bicyclic) bond motifs is 5. The second kappa shape index (κ2) is 14.3. The van der Waals surface area contributed by atoms with Crippen LogP contribution >= 0.6 is 0 Å². The number of non-ortho nitro benzene ring substituents is 1. The van der Waals surface area contributed by atoms with Gasteiger partial charge < -0.3 is 35.1 Å². The summed E-state index contributed by atoms with van der Waals surface area (Å²) in [5.74, 6) is 0.982. The number of nitrogens with one attached hydrogen (secondary N) is 1. The minimum absolute atomic E-state index is 0.0163. The van der Waals surface area contributed by atoms with E-state index in [0.29, 0.717) is 64.7 Å². The number of nitrogen functional groups attached to an aromatic ring is 1. The third-order valence-corrected chi connectivity index (χ3v) is 10.8. The van der Waals surface area contributed by atoms with Gasteiger partial charge in [0.25, 0.3) is 17.5 Å². The Morgan fingerprint density at radius 1 is 0.873 bits per heavy atom. The zero-order chi connectivity index (χ0) is 38.4. The molecule has 0 aromatic heterocycles. The molecule has 0 spiro atoms. The van der Waals surface area contributed by atoms with Gasteiger partial charge in [0.05, 0.1) is 42.0 Å². The Morgan fingerprint density at radius 2 is 1.58 bits per heavy atom. The molecule has 0 aliphatic carbocycles. The first-order valence-electron chi connectivity index (χ1n) is 18.3. The van der Waals surface area contributed by atoms with Gasteiger partial charge in [-0.3, -0.25) is 19.7 Å². The van der Waals surface area contributed by atoms with E-state index in [4.69, 9.17) is 19.9 Å². The van der Waals surface area contributed by atoms with Crippen molar-refractivity contribution in [2.45, 2.75) is 51.3 Å². The Balaban J connectivity index is 1.00. The maximum absolute atomic E-state index is 13.8. The number of methoxy groups -OCH3 is 2. The summed E-state index contributed by atoms with van der Waals surface area (Å²) in [7, 11) is 3.06. The Bertz CT molecular complexity index is 2360. The maximum Gasteiger partial charge on any atom is 0.270 e. The molecule has 3 aliphatic rings. The molecule has 12 nitrogen and oxygen atoms in total. The van der Waals surface area contributed by atoms with Crippen LogP contribution in [0.5, 0.6) is 17.2 Å². The third kappa shape index (κ3) is 6.53. The van der Waals surface area contributed by atoms with Crippen LogP contribution in [-0.4, -0.2) is 49.6 Å². The average molecular weight is 740 g/mol. The van der Waals surface area contributed by atoms with Crippen molar-refractivity contribution in [1.82, 2.24) is 0 Å². The van der Waals surface area contributed by atoms with E-state index in [9.17, 15) is 19.7 Å². The van der Waals surface area contributed by atoms with Gasteiger partial charge in [0.1, 0.15) is 12.4 Å². The van der Waals surface area contributed by atoms with E-state index in [1.54, 1.807) is 42.3 Å². The zero-order valence-corrected chi connectivity index (χ0v) is 30.8. The summed E-state index contributed by atoms with van der Waals surface area (Å²) in [4.78, 5) is 42.9. The Kier molecular flexibility index (Phi) is 9.25. The number of amides is 2. The molecule has 8 rings (SSSR count). The molecule has 55 heavy (non-hydrogen) atoms. The molecule has 0 saturated heterocycles. The Hall–Kier alpha value is -6.56. The Labute approximate surface area is 318 Å². The number of carbonyl (C=O) groups excluding carboxylic acids is 2. The van der Waals surface area contributed by atoms with Crippen LogP contribution in [0.3, 0.4) is 0 Å². The van der Waals surface area contributed by atoms with Gasteiger partial charge in [-0.05, 0) is 90.8 Å². The highest BCUT2D eigenvalue weighted by atomic mass is 16.6. The molecule has 0 unspecified atom stereocenters. The summed E-state index contributed by atoms with van der Waals surface area (Å²) in [6.45, 7) is 2.60. The monoisotopic (exact) mass is 739 g/mol. The van der Waals surface area contributed by atoms with Gasteiger partial charge in [-0.15, -0.1) is 0 Å². The summed E-state index contributed by atoms with van der Waals surface area (Å²) < 4.78 is 17.6. The van der Waals surface area contributed by atoms with Gasteiger partial charge in [0.2, 0.25) is 0 Å². The molecule has 3 heterocycles. The number of benzene rings is 5. The Morgan fingerprint density at radius 3 is 2.33 bits per heavy atom. The molecule has 2 amide bonds. The summed E-state index contributed by atoms with van der Waals surface area (Å²) in [5, 5.41) is 15.5. The molecule has 280 valence electrons. The van der Waals surface area contributed by atoms with E-state index in [1.165, 1.54) is 13.2 Å². The van der Waals surface area contributed by atoms with E-state index >= 15 is 0 Å². The van der Waals surface area contributed by atoms with Crippen molar-refractivity contribution in [3.63, 3.8) is 0 Å². The highest BCUT2D eigenvalue weighted by Gasteiger charge is 2.38. The lowest BCUT2D eigenvalue weighted by molar-refractivity contribution is -0.385. The van der Waals surface area contributed by atoms with E-state index in [-0.39, 0.29) is 36.2 Å². The van der Waals surface area contributed by atoms with Crippen LogP contribution in [0.1, 0.15) is 55.5 Å². The summed E-state index contributed by atoms with van der Waals surface area (Å²) >= 11 is 0. The fourth-order valence-corrected chi connectivity index (χ4v) is 8.15. The third-order valence-electron chi connectivity index (χ3n) is 10.8. The van der Waals surface area contributed by atoms with Crippen molar-refractivity contribution >= 4 is 40.3 Å². The second-order valence-corrected chi connectivity index (χ2v) is 14.3. The van der Waals surface area contributed by atoms with Gasteiger partial charge >= 0.3 is 0 Å². The summed E-state index contributed by atoms with van der Waals surface area (Å²) in [6.07, 6.45) is 2.41. The zero-order valence-electron chi connectivity index (χ0n) is 30.8. The molecule has 3 aliphatic heterocycles. The van der Waals surface area contributed by atoms with Crippen LogP contribution in [0.2, 0.25) is 0 Å². The predicted molar refractivity (Wildman–Crippen MR) is 211 cm³/mol.